The van der Waals surface area contributed by atoms with Gasteiger partial charge in [-0.25, -0.2) is 0 Å². The van der Waals surface area contributed by atoms with Gasteiger partial charge in [-0.3, -0.25) is 24.0 Å². The van der Waals surface area contributed by atoms with E-state index in [0.717, 1.165) is 116 Å². The maximum Gasteiger partial charge on any atom is 0.243 e. The fourth-order valence-corrected chi connectivity index (χ4v) is 6.76. The number of hydrogen-bond acceptors (Lipinski definition) is 9. The number of nitrogens with two attached hydrogens (primary N) is 5. The zero-order valence-corrected chi connectivity index (χ0v) is 35.2. The average molecular weight is 796 g/mol. The van der Waals surface area contributed by atoms with Crippen molar-refractivity contribution in [3.8, 4) is 0 Å². The van der Waals surface area contributed by atoms with Crippen molar-refractivity contribution in [2.75, 3.05) is 32.7 Å². The van der Waals surface area contributed by atoms with E-state index in [1.165, 1.54) is 32.1 Å². The van der Waals surface area contributed by atoms with Crippen LogP contribution in [0.4, 0.5) is 0 Å². The molecule has 5 amide bonds. The molecule has 0 aromatic heterocycles. The van der Waals surface area contributed by atoms with Gasteiger partial charge in [0.1, 0.15) is 18.1 Å². The highest BCUT2D eigenvalue weighted by molar-refractivity contribution is 5.92. The third-order valence-electron chi connectivity index (χ3n) is 10.3. The van der Waals surface area contributed by atoms with Crippen LogP contribution in [-0.4, -0.2) is 80.4 Å². The number of amides is 5. The SMILES string of the molecule is NCCCCCCCCCCCC(=O)N[C@@H](CCCCN)C(=O)N[C@@H](CCCCN)C(=O)NCCCCCCCCCCCC(=O)N[C@@H](CCCCN)C(N)=O. The summed E-state index contributed by atoms with van der Waals surface area (Å²) in [6, 6.07) is -2.01. The third-order valence-corrected chi connectivity index (χ3v) is 10.3. The molecule has 0 aromatic rings. The van der Waals surface area contributed by atoms with Crippen LogP contribution >= 0.6 is 0 Å². The molecule has 0 radical (unpaired) electrons. The van der Waals surface area contributed by atoms with Crippen LogP contribution in [0.3, 0.4) is 0 Å². The number of carbonyl (C=O) groups excluding carboxylic acids is 5. The van der Waals surface area contributed by atoms with E-state index >= 15 is 0 Å². The van der Waals surface area contributed by atoms with Crippen molar-refractivity contribution in [2.45, 2.75) is 204 Å². The highest BCUT2D eigenvalue weighted by Gasteiger charge is 2.26. The molecular formula is C42H85N9O5. The summed E-state index contributed by atoms with van der Waals surface area (Å²) in [6.07, 6.45) is 25.9. The smallest absolute Gasteiger partial charge is 0.243 e. The molecule has 0 aliphatic heterocycles. The second-order valence-electron chi connectivity index (χ2n) is 15.5. The Hall–Kier alpha value is -2.81. The van der Waals surface area contributed by atoms with Gasteiger partial charge in [0.2, 0.25) is 29.5 Å². The maximum atomic E-state index is 13.4. The normalized spacial score (nSPS) is 12.8. The lowest BCUT2D eigenvalue weighted by molar-refractivity contribution is -0.132. The lowest BCUT2D eigenvalue weighted by atomic mass is 10.0. The van der Waals surface area contributed by atoms with Gasteiger partial charge in [0.15, 0.2) is 0 Å². The molecular weight excluding hydrogens is 711 g/mol. The van der Waals surface area contributed by atoms with Gasteiger partial charge in [0.05, 0.1) is 0 Å². The summed E-state index contributed by atoms with van der Waals surface area (Å²) >= 11 is 0. The molecule has 0 fully saturated rings. The van der Waals surface area contributed by atoms with Crippen molar-refractivity contribution in [2.24, 2.45) is 28.7 Å². The molecule has 0 spiro atoms. The summed E-state index contributed by atoms with van der Waals surface area (Å²) in [5, 5.41) is 11.7. The molecule has 0 aliphatic carbocycles. The summed E-state index contributed by atoms with van der Waals surface area (Å²) in [5.74, 6) is -1.29. The van der Waals surface area contributed by atoms with Gasteiger partial charge in [-0.2, -0.15) is 0 Å². The topological polar surface area (TPSA) is 264 Å². The van der Waals surface area contributed by atoms with Crippen molar-refractivity contribution < 1.29 is 24.0 Å². The first kappa shape index (κ1) is 53.2. The van der Waals surface area contributed by atoms with Crippen LogP contribution in [0.1, 0.15) is 186 Å². The van der Waals surface area contributed by atoms with Crippen LogP contribution < -0.4 is 49.9 Å². The molecule has 14 nitrogen and oxygen atoms in total. The summed E-state index contributed by atoms with van der Waals surface area (Å²) in [4.78, 5) is 63.3. The molecule has 0 aliphatic rings. The molecule has 0 aromatic carbocycles. The van der Waals surface area contributed by atoms with Crippen LogP contribution in [0.15, 0.2) is 0 Å². The molecule has 0 saturated carbocycles. The Bertz CT molecular complexity index is 1000. The minimum Gasteiger partial charge on any atom is -0.368 e. The molecule has 0 heterocycles. The zero-order chi connectivity index (χ0) is 41.5. The Labute approximate surface area is 339 Å². The minimum atomic E-state index is -0.704. The van der Waals surface area contributed by atoms with Crippen LogP contribution in [0, 0.1) is 0 Å². The molecule has 0 saturated heterocycles. The molecule has 56 heavy (non-hydrogen) atoms. The Balaban J connectivity index is 4.48. The van der Waals surface area contributed by atoms with Crippen molar-refractivity contribution in [1.29, 1.82) is 0 Å². The molecule has 0 unspecified atom stereocenters. The average Bonchev–Trinajstić information content (AvgIpc) is 3.17. The number of carbonyl (C=O) groups is 5. The lowest BCUT2D eigenvalue weighted by Gasteiger charge is -2.23. The van der Waals surface area contributed by atoms with E-state index in [1.807, 2.05) is 0 Å². The standard InChI is InChI=1S/C42H85N9O5/c43-30-20-13-9-5-1-3-7-12-16-29-39(53)50-37(27-19-23-33-46)42(56)51-36(26-18-22-32-45)41(55)48-34-24-14-10-6-2-4-8-11-15-28-38(52)49-35(40(47)54)25-17-21-31-44/h35-37H,1-34,43-46H2,(H2,47,54)(H,48,55)(H,49,52)(H,50,53)(H,51,56)/t35-,36-,37-/m0/s1. The Kier molecular flexibility index (Phi) is 37.1. The third kappa shape index (κ3) is 32.3. The Morgan fingerprint density at radius 1 is 0.357 bits per heavy atom. The van der Waals surface area contributed by atoms with Crippen molar-refractivity contribution in [3.05, 3.63) is 0 Å². The quantitative estimate of drug-likeness (QED) is 0.0401. The van der Waals surface area contributed by atoms with E-state index in [0.29, 0.717) is 71.1 Å². The van der Waals surface area contributed by atoms with E-state index in [1.54, 1.807) is 0 Å². The number of primary amides is 1. The first-order valence-corrected chi connectivity index (χ1v) is 22.5. The van der Waals surface area contributed by atoms with Crippen LogP contribution in [0.2, 0.25) is 0 Å². The fraction of sp³-hybridized carbons (Fsp3) is 0.881. The van der Waals surface area contributed by atoms with E-state index in [4.69, 9.17) is 28.7 Å². The van der Waals surface area contributed by atoms with Gasteiger partial charge in [-0.15, -0.1) is 0 Å². The van der Waals surface area contributed by atoms with E-state index in [-0.39, 0.29) is 23.6 Å². The van der Waals surface area contributed by atoms with E-state index in [2.05, 4.69) is 21.3 Å². The molecule has 328 valence electrons. The number of unbranched alkanes of at least 4 members (excludes halogenated alkanes) is 19. The van der Waals surface area contributed by atoms with Gasteiger partial charge >= 0.3 is 0 Å². The van der Waals surface area contributed by atoms with Gasteiger partial charge in [0, 0.05) is 19.4 Å². The predicted molar refractivity (Wildman–Crippen MR) is 228 cm³/mol. The first-order chi connectivity index (χ1) is 27.2. The summed E-state index contributed by atoms with van der Waals surface area (Å²) < 4.78 is 0. The lowest BCUT2D eigenvalue weighted by Crippen LogP contribution is -2.53. The minimum absolute atomic E-state index is 0.128. The van der Waals surface area contributed by atoms with Gasteiger partial charge in [-0.1, -0.05) is 89.9 Å². The summed E-state index contributed by atoms with van der Waals surface area (Å²) in [6.45, 7) is 2.89. The highest BCUT2D eigenvalue weighted by atomic mass is 16.2. The number of nitrogens with one attached hydrogen (secondary N) is 4. The predicted octanol–water partition coefficient (Wildman–Crippen LogP) is 4.19. The second-order valence-corrected chi connectivity index (χ2v) is 15.5. The zero-order valence-electron chi connectivity index (χ0n) is 35.2. The fourth-order valence-electron chi connectivity index (χ4n) is 6.76. The van der Waals surface area contributed by atoms with Crippen LogP contribution in [0.5, 0.6) is 0 Å². The molecule has 0 bridgehead atoms. The van der Waals surface area contributed by atoms with E-state index < -0.39 is 24.0 Å². The van der Waals surface area contributed by atoms with Gasteiger partial charge < -0.3 is 49.9 Å². The Morgan fingerprint density at radius 3 is 1.09 bits per heavy atom. The first-order valence-electron chi connectivity index (χ1n) is 22.5. The van der Waals surface area contributed by atoms with Crippen molar-refractivity contribution in [1.82, 2.24) is 21.3 Å². The number of hydrogen-bond donors (Lipinski definition) is 9. The van der Waals surface area contributed by atoms with Crippen LogP contribution in [-0.2, 0) is 24.0 Å². The molecule has 0 rings (SSSR count). The number of rotatable bonds is 41. The summed E-state index contributed by atoms with van der Waals surface area (Å²) in [5.41, 5.74) is 27.9. The van der Waals surface area contributed by atoms with Crippen molar-refractivity contribution >= 4 is 29.5 Å². The molecule has 14 heteroatoms. The second kappa shape index (κ2) is 39.0. The highest BCUT2D eigenvalue weighted by Crippen LogP contribution is 2.13. The Morgan fingerprint density at radius 2 is 0.679 bits per heavy atom. The van der Waals surface area contributed by atoms with Crippen LogP contribution in [0.25, 0.3) is 0 Å². The maximum absolute atomic E-state index is 13.4. The largest absolute Gasteiger partial charge is 0.368 e. The van der Waals surface area contributed by atoms with Gasteiger partial charge in [-0.05, 0) is 110 Å². The summed E-state index contributed by atoms with van der Waals surface area (Å²) in [7, 11) is 0. The monoisotopic (exact) mass is 796 g/mol. The van der Waals surface area contributed by atoms with E-state index in [9.17, 15) is 24.0 Å². The van der Waals surface area contributed by atoms with Crippen molar-refractivity contribution in [3.63, 3.8) is 0 Å². The molecule has 3 atom stereocenters. The molecule has 14 N–H and O–H groups in total. The van der Waals surface area contributed by atoms with Gasteiger partial charge in [0.25, 0.3) is 0 Å².